The fourth-order valence-electron chi connectivity index (χ4n) is 3.05. The smallest absolute Gasteiger partial charge is 0.408 e. The van der Waals surface area contributed by atoms with Crippen LogP contribution in [0.15, 0.2) is 51.7 Å². The number of carbonyl (C=O) groups excluding carboxylic acids is 1. The summed E-state index contributed by atoms with van der Waals surface area (Å²) in [5, 5.41) is 7.02. The van der Waals surface area contributed by atoms with Crippen molar-refractivity contribution >= 4 is 22.7 Å². The Hall–Kier alpha value is -3.68. The van der Waals surface area contributed by atoms with Gasteiger partial charge in [-0.25, -0.2) is 9.18 Å². The topological polar surface area (TPSA) is 82.1 Å². The number of oxazole rings is 1. The van der Waals surface area contributed by atoms with E-state index in [-0.39, 0.29) is 11.5 Å². The molecule has 142 valence electrons. The lowest BCUT2D eigenvalue weighted by Crippen LogP contribution is -2.13. The Morgan fingerprint density at radius 1 is 1.14 bits per heavy atom. The normalized spacial score (nSPS) is 11.1. The molecule has 0 saturated carbocycles. The van der Waals surface area contributed by atoms with Crippen LogP contribution in [0.25, 0.3) is 22.4 Å². The van der Waals surface area contributed by atoms with Crippen LogP contribution in [-0.2, 0) is 14.1 Å². The third-order valence-corrected chi connectivity index (χ3v) is 4.62. The van der Waals surface area contributed by atoms with Crippen molar-refractivity contribution in [2.45, 2.75) is 6.92 Å². The van der Waals surface area contributed by atoms with E-state index in [4.69, 9.17) is 4.42 Å². The maximum atomic E-state index is 13.5. The predicted molar refractivity (Wildman–Crippen MR) is 103 cm³/mol. The Kier molecular flexibility index (Phi) is 4.11. The molecule has 2 aromatic carbocycles. The van der Waals surface area contributed by atoms with Crippen LogP contribution < -0.4 is 11.1 Å². The second-order valence-corrected chi connectivity index (χ2v) is 6.57. The highest BCUT2D eigenvalue weighted by Crippen LogP contribution is 2.23. The third kappa shape index (κ3) is 2.98. The van der Waals surface area contributed by atoms with Crippen molar-refractivity contribution < 1.29 is 13.6 Å². The fraction of sp³-hybridized carbons (Fsp3) is 0.150. The summed E-state index contributed by atoms with van der Waals surface area (Å²) in [6, 6.07) is 11.3. The lowest BCUT2D eigenvalue weighted by molar-refractivity contribution is 0.102. The SMILES string of the molecule is Cc1cc(-c2cc(C(=O)Nc3ccc4oc(=O)n(C)c4c3)nn2C)ccc1F. The van der Waals surface area contributed by atoms with Gasteiger partial charge in [0.1, 0.15) is 5.82 Å². The van der Waals surface area contributed by atoms with Crippen LogP contribution in [0, 0.1) is 12.7 Å². The Morgan fingerprint density at radius 3 is 2.68 bits per heavy atom. The van der Waals surface area contributed by atoms with Crippen LogP contribution in [0.4, 0.5) is 10.1 Å². The lowest BCUT2D eigenvalue weighted by Gasteiger charge is -2.03. The molecule has 0 fully saturated rings. The zero-order valence-corrected chi connectivity index (χ0v) is 15.5. The summed E-state index contributed by atoms with van der Waals surface area (Å²) in [5.41, 5.74) is 3.73. The molecule has 2 heterocycles. The summed E-state index contributed by atoms with van der Waals surface area (Å²) in [6.45, 7) is 1.68. The highest BCUT2D eigenvalue weighted by molar-refractivity contribution is 6.04. The zero-order chi connectivity index (χ0) is 20.0. The van der Waals surface area contributed by atoms with E-state index in [1.165, 1.54) is 10.6 Å². The molecule has 7 nitrogen and oxygen atoms in total. The number of amides is 1. The van der Waals surface area contributed by atoms with Gasteiger partial charge in [0.25, 0.3) is 5.91 Å². The first-order valence-corrected chi connectivity index (χ1v) is 8.55. The van der Waals surface area contributed by atoms with Crippen LogP contribution in [-0.4, -0.2) is 20.3 Å². The molecule has 4 rings (SSSR count). The number of hydrogen-bond donors (Lipinski definition) is 1. The first-order valence-electron chi connectivity index (χ1n) is 8.55. The summed E-state index contributed by atoms with van der Waals surface area (Å²) in [6.07, 6.45) is 0. The van der Waals surface area contributed by atoms with Gasteiger partial charge < -0.3 is 9.73 Å². The van der Waals surface area contributed by atoms with Crippen molar-refractivity contribution in [2.24, 2.45) is 14.1 Å². The summed E-state index contributed by atoms with van der Waals surface area (Å²) < 4.78 is 21.5. The average Bonchev–Trinajstić information content (AvgIpc) is 3.18. The molecular weight excluding hydrogens is 363 g/mol. The molecule has 2 aromatic heterocycles. The number of nitrogens with zero attached hydrogens (tertiary/aromatic N) is 3. The molecule has 0 spiro atoms. The molecule has 4 aromatic rings. The molecule has 0 unspecified atom stereocenters. The molecule has 0 aliphatic heterocycles. The minimum Gasteiger partial charge on any atom is -0.408 e. The molecule has 0 bridgehead atoms. The lowest BCUT2D eigenvalue weighted by atomic mass is 10.1. The molecule has 0 radical (unpaired) electrons. The molecule has 0 aliphatic carbocycles. The molecule has 1 N–H and O–H groups in total. The minimum atomic E-state index is -0.470. The van der Waals surface area contributed by atoms with Crippen LogP contribution in [0.1, 0.15) is 16.1 Å². The van der Waals surface area contributed by atoms with Crippen LogP contribution in [0.3, 0.4) is 0 Å². The Morgan fingerprint density at radius 2 is 1.93 bits per heavy atom. The van der Waals surface area contributed by atoms with Crippen molar-refractivity contribution in [2.75, 3.05) is 5.32 Å². The number of carbonyl (C=O) groups is 1. The molecular formula is C20H17FN4O3. The van der Waals surface area contributed by atoms with Gasteiger partial charge in [0.15, 0.2) is 11.3 Å². The number of aromatic nitrogens is 3. The number of anilines is 1. The van der Waals surface area contributed by atoms with Crippen molar-refractivity contribution in [3.05, 3.63) is 70.1 Å². The third-order valence-electron chi connectivity index (χ3n) is 4.62. The van der Waals surface area contributed by atoms with Gasteiger partial charge in [-0.2, -0.15) is 5.10 Å². The number of fused-ring (bicyclic) bond motifs is 1. The molecule has 0 aliphatic rings. The summed E-state index contributed by atoms with van der Waals surface area (Å²) >= 11 is 0. The Balaban J connectivity index is 1.63. The number of hydrogen-bond acceptors (Lipinski definition) is 4. The van der Waals surface area contributed by atoms with E-state index < -0.39 is 11.7 Å². The monoisotopic (exact) mass is 380 g/mol. The minimum absolute atomic E-state index is 0.223. The maximum absolute atomic E-state index is 13.5. The second-order valence-electron chi connectivity index (χ2n) is 6.57. The molecule has 1 amide bonds. The van der Waals surface area contributed by atoms with Gasteiger partial charge >= 0.3 is 5.76 Å². The van der Waals surface area contributed by atoms with Gasteiger partial charge in [0, 0.05) is 25.3 Å². The van der Waals surface area contributed by atoms with Crippen molar-refractivity contribution in [3.8, 4) is 11.3 Å². The van der Waals surface area contributed by atoms with Crippen molar-refractivity contribution in [3.63, 3.8) is 0 Å². The Bertz CT molecular complexity index is 1280. The largest absolute Gasteiger partial charge is 0.419 e. The van der Waals surface area contributed by atoms with Crippen molar-refractivity contribution in [1.29, 1.82) is 0 Å². The molecule has 0 atom stereocenters. The summed E-state index contributed by atoms with van der Waals surface area (Å²) in [5.74, 6) is -1.15. The van der Waals surface area contributed by atoms with Gasteiger partial charge in [-0.3, -0.25) is 14.0 Å². The van der Waals surface area contributed by atoms with Gasteiger partial charge in [-0.15, -0.1) is 0 Å². The van der Waals surface area contributed by atoms with Crippen molar-refractivity contribution in [1.82, 2.24) is 14.3 Å². The number of nitrogens with one attached hydrogen (secondary N) is 1. The maximum Gasteiger partial charge on any atom is 0.419 e. The van der Waals surface area contributed by atoms with Crippen LogP contribution >= 0.6 is 0 Å². The summed E-state index contributed by atoms with van der Waals surface area (Å²) in [4.78, 5) is 24.2. The van der Waals surface area contributed by atoms with Gasteiger partial charge in [-0.1, -0.05) is 0 Å². The number of aryl methyl sites for hydroxylation is 3. The van der Waals surface area contributed by atoms with E-state index in [0.29, 0.717) is 28.0 Å². The van der Waals surface area contributed by atoms with E-state index in [1.54, 1.807) is 62.1 Å². The number of benzene rings is 2. The standard InChI is InChI=1S/C20H17FN4O3/c1-11-8-12(4-6-14(11)21)16-10-15(23-25(16)3)19(26)22-13-5-7-18-17(9-13)24(2)20(27)28-18/h4-10H,1-3H3,(H,22,26). The number of halogens is 1. The van der Waals surface area contributed by atoms with Crippen LogP contribution in [0.2, 0.25) is 0 Å². The van der Waals surface area contributed by atoms with E-state index in [9.17, 15) is 14.0 Å². The van der Waals surface area contributed by atoms with Crippen LogP contribution in [0.5, 0.6) is 0 Å². The molecule has 8 heteroatoms. The second kappa shape index (κ2) is 6.49. The van der Waals surface area contributed by atoms with E-state index in [2.05, 4.69) is 10.4 Å². The zero-order valence-electron chi connectivity index (χ0n) is 15.5. The average molecular weight is 380 g/mol. The predicted octanol–water partition coefficient (Wildman–Crippen LogP) is 3.23. The van der Waals surface area contributed by atoms with E-state index >= 15 is 0 Å². The van der Waals surface area contributed by atoms with Gasteiger partial charge in [0.05, 0.1) is 11.2 Å². The molecule has 0 saturated heterocycles. The highest BCUT2D eigenvalue weighted by Gasteiger charge is 2.16. The Labute approximate surface area is 159 Å². The van der Waals surface area contributed by atoms with E-state index in [1.807, 2.05) is 0 Å². The molecule has 28 heavy (non-hydrogen) atoms. The fourth-order valence-corrected chi connectivity index (χ4v) is 3.05. The number of rotatable bonds is 3. The highest BCUT2D eigenvalue weighted by atomic mass is 19.1. The van der Waals surface area contributed by atoms with E-state index in [0.717, 1.165) is 5.56 Å². The quantitative estimate of drug-likeness (QED) is 0.592. The van der Waals surface area contributed by atoms with Gasteiger partial charge in [-0.05, 0) is 55.0 Å². The first kappa shape index (κ1) is 17.7. The first-order chi connectivity index (χ1) is 13.3. The van der Waals surface area contributed by atoms with Gasteiger partial charge in [0.2, 0.25) is 0 Å². The summed E-state index contributed by atoms with van der Waals surface area (Å²) in [7, 11) is 3.31.